The van der Waals surface area contributed by atoms with Crippen LogP contribution in [-0.2, 0) is 0 Å². The zero-order chi connectivity index (χ0) is 12.3. The van der Waals surface area contributed by atoms with Gasteiger partial charge in [-0.3, -0.25) is 4.99 Å². The molecule has 1 fully saturated rings. The predicted octanol–water partition coefficient (Wildman–Crippen LogP) is 2.45. The Bertz CT molecular complexity index is 460. The van der Waals surface area contributed by atoms with Gasteiger partial charge in [-0.15, -0.1) is 0 Å². The number of hydrogen-bond donors (Lipinski definition) is 0. The topological polar surface area (TPSA) is 39.4 Å². The SMILES string of the molecule is C/N=C\C(C#N)=C/N1CC2=CC=C(C)CC1C2. The zero-order valence-electron chi connectivity index (χ0n) is 10.3. The third-order valence-corrected chi connectivity index (χ3v) is 3.22. The fraction of sp³-hybridized carbons (Fsp3) is 0.429. The van der Waals surface area contributed by atoms with Crippen LogP contribution in [0.25, 0.3) is 0 Å². The standard InChI is InChI=1S/C14H17N3/c1-11-3-4-12-6-14(5-11)17(9-12)10-13(7-15)8-16-2/h3-4,8,10,14H,5-6,9H2,1-2H3/b13-10-,16-8-. The fourth-order valence-corrected chi connectivity index (χ4v) is 2.42. The maximum Gasteiger partial charge on any atom is 0.102 e. The van der Waals surface area contributed by atoms with E-state index >= 15 is 0 Å². The van der Waals surface area contributed by atoms with Gasteiger partial charge in [0.1, 0.15) is 6.07 Å². The number of allylic oxidation sites excluding steroid dienone is 3. The van der Waals surface area contributed by atoms with Gasteiger partial charge >= 0.3 is 0 Å². The Morgan fingerprint density at radius 2 is 2.35 bits per heavy atom. The third kappa shape index (κ3) is 2.65. The van der Waals surface area contributed by atoms with E-state index in [4.69, 9.17) is 5.26 Å². The van der Waals surface area contributed by atoms with Gasteiger partial charge in [-0.05, 0) is 25.3 Å². The van der Waals surface area contributed by atoms with E-state index in [9.17, 15) is 0 Å². The molecule has 0 aromatic carbocycles. The van der Waals surface area contributed by atoms with Crippen molar-refractivity contribution in [2.75, 3.05) is 13.6 Å². The van der Waals surface area contributed by atoms with Gasteiger partial charge in [0.05, 0.1) is 5.57 Å². The molecule has 0 aromatic heterocycles. The van der Waals surface area contributed by atoms with Crippen molar-refractivity contribution in [2.45, 2.75) is 25.8 Å². The monoisotopic (exact) mass is 227 g/mol. The first-order chi connectivity index (χ1) is 8.22. The van der Waals surface area contributed by atoms with E-state index in [0.717, 1.165) is 19.4 Å². The molecule has 0 spiro atoms. The van der Waals surface area contributed by atoms with Crippen LogP contribution in [0.3, 0.4) is 0 Å². The molecule has 1 aliphatic carbocycles. The summed E-state index contributed by atoms with van der Waals surface area (Å²) in [6, 6.07) is 2.68. The van der Waals surface area contributed by atoms with Crippen LogP contribution < -0.4 is 0 Å². The van der Waals surface area contributed by atoms with E-state index in [1.54, 1.807) is 13.3 Å². The van der Waals surface area contributed by atoms with Crippen molar-refractivity contribution in [2.24, 2.45) is 4.99 Å². The molecule has 2 aliphatic rings. The van der Waals surface area contributed by atoms with Crippen molar-refractivity contribution in [1.29, 1.82) is 5.26 Å². The maximum atomic E-state index is 9.00. The Hall–Kier alpha value is -1.82. The zero-order valence-corrected chi connectivity index (χ0v) is 10.3. The molecule has 2 bridgehead atoms. The van der Waals surface area contributed by atoms with Crippen LogP contribution in [0.4, 0.5) is 0 Å². The van der Waals surface area contributed by atoms with Crippen molar-refractivity contribution in [3.05, 3.63) is 35.1 Å². The van der Waals surface area contributed by atoms with E-state index in [-0.39, 0.29) is 0 Å². The average molecular weight is 227 g/mol. The summed E-state index contributed by atoms with van der Waals surface area (Å²) in [5.74, 6) is 0. The highest BCUT2D eigenvalue weighted by Gasteiger charge is 2.27. The third-order valence-electron chi connectivity index (χ3n) is 3.22. The van der Waals surface area contributed by atoms with Crippen LogP contribution in [0.15, 0.2) is 40.1 Å². The van der Waals surface area contributed by atoms with Crippen LogP contribution in [0.2, 0.25) is 0 Å². The first-order valence-electron chi connectivity index (χ1n) is 5.88. The van der Waals surface area contributed by atoms with Crippen molar-refractivity contribution in [1.82, 2.24) is 4.90 Å². The molecule has 2 rings (SSSR count). The quantitative estimate of drug-likeness (QED) is 0.537. The molecule has 88 valence electrons. The second-order valence-corrected chi connectivity index (χ2v) is 4.66. The Kier molecular flexibility index (Phi) is 3.43. The van der Waals surface area contributed by atoms with E-state index in [1.165, 1.54) is 11.1 Å². The lowest BCUT2D eigenvalue weighted by atomic mass is 10.1. The minimum absolute atomic E-state index is 0.508. The molecule has 1 heterocycles. The summed E-state index contributed by atoms with van der Waals surface area (Å²) in [6.07, 6.45) is 10.2. The molecule has 1 unspecified atom stereocenters. The summed E-state index contributed by atoms with van der Waals surface area (Å²) in [4.78, 5) is 6.17. The van der Waals surface area contributed by atoms with Crippen LogP contribution >= 0.6 is 0 Å². The number of aliphatic imine (C=N–C) groups is 1. The molecular weight excluding hydrogens is 210 g/mol. The molecule has 0 N–H and O–H groups in total. The van der Waals surface area contributed by atoms with E-state index in [1.807, 2.05) is 6.20 Å². The van der Waals surface area contributed by atoms with E-state index < -0.39 is 0 Å². The Labute approximate surface area is 102 Å². The van der Waals surface area contributed by atoms with E-state index in [2.05, 4.69) is 35.0 Å². The number of fused-ring (bicyclic) bond motifs is 2. The Morgan fingerprint density at radius 3 is 3.06 bits per heavy atom. The van der Waals surface area contributed by atoms with Gasteiger partial charge < -0.3 is 4.90 Å². The molecular formula is C14H17N3. The largest absolute Gasteiger partial charge is 0.369 e. The number of rotatable bonds is 2. The van der Waals surface area contributed by atoms with Crippen molar-refractivity contribution in [3.63, 3.8) is 0 Å². The van der Waals surface area contributed by atoms with Gasteiger partial charge in [-0.2, -0.15) is 5.26 Å². The molecule has 1 atom stereocenters. The van der Waals surface area contributed by atoms with E-state index in [0.29, 0.717) is 11.6 Å². The molecule has 1 aliphatic heterocycles. The Balaban J connectivity index is 2.19. The van der Waals surface area contributed by atoms with Gasteiger partial charge in [-0.1, -0.05) is 17.7 Å². The highest BCUT2D eigenvalue weighted by Crippen LogP contribution is 2.30. The normalized spacial score (nSPS) is 24.4. The second kappa shape index (κ2) is 5.01. The van der Waals surface area contributed by atoms with Gasteiger partial charge in [0.2, 0.25) is 0 Å². The van der Waals surface area contributed by atoms with Crippen molar-refractivity contribution < 1.29 is 0 Å². The molecule has 3 heteroatoms. The fourth-order valence-electron chi connectivity index (χ4n) is 2.42. The van der Waals surface area contributed by atoms with Gasteiger partial charge in [0.25, 0.3) is 0 Å². The van der Waals surface area contributed by atoms with Crippen molar-refractivity contribution >= 4 is 6.21 Å². The molecule has 0 aromatic rings. The Morgan fingerprint density at radius 1 is 1.53 bits per heavy atom. The summed E-state index contributed by atoms with van der Waals surface area (Å²) in [7, 11) is 1.69. The average Bonchev–Trinajstić information content (AvgIpc) is 2.57. The lowest BCUT2D eigenvalue weighted by Crippen LogP contribution is -2.25. The van der Waals surface area contributed by atoms with Gasteiger partial charge in [-0.25, -0.2) is 0 Å². The molecule has 17 heavy (non-hydrogen) atoms. The minimum Gasteiger partial charge on any atom is -0.369 e. The summed E-state index contributed by atoms with van der Waals surface area (Å²) >= 11 is 0. The van der Waals surface area contributed by atoms with Crippen LogP contribution in [0.5, 0.6) is 0 Å². The number of hydrogen-bond acceptors (Lipinski definition) is 3. The van der Waals surface area contributed by atoms with Gasteiger partial charge in [0.15, 0.2) is 0 Å². The predicted molar refractivity (Wildman–Crippen MR) is 69.7 cm³/mol. The molecule has 1 saturated heterocycles. The molecule has 0 saturated carbocycles. The summed E-state index contributed by atoms with van der Waals surface area (Å²) in [6.45, 7) is 3.11. The minimum atomic E-state index is 0.508. The first kappa shape index (κ1) is 11.7. The number of nitriles is 1. The molecule has 0 radical (unpaired) electrons. The van der Waals surface area contributed by atoms with Gasteiger partial charge in [0, 0.05) is 32.0 Å². The lowest BCUT2D eigenvalue weighted by Gasteiger charge is -2.23. The highest BCUT2D eigenvalue weighted by molar-refractivity contribution is 5.83. The van der Waals surface area contributed by atoms with Crippen LogP contribution in [0, 0.1) is 11.3 Å². The molecule has 3 nitrogen and oxygen atoms in total. The maximum absolute atomic E-state index is 9.00. The molecule has 0 amide bonds. The van der Waals surface area contributed by atoms with Crippen LogP contribution in [-0.4, -0.2) is 30.7 Å². The van der Waals surface area contributed by atoms with Crippen molar-refractivity contribution in [3.8, 4) is 6.07 Å². The summed E-state index contributed by atoms with van der Waals surface area (Å²) in [5, 5.41) is 9.00. The smallest absolute Gasteiger partial charge is 0.102 e. The second-order valence-electron chi connectivity index (χ2n) is 4.66. The van der Waals surface area contributed by atoms with Crippen LogP contribution in [0.1, 0.15) is 19.8 Å². The number of likely N-dealkylation sites (tertiary alicyclic amines) is 1. The lowest BCUT2D eigenvalue weighted by molar-refractivity contribution is 0.347. The highest BCUT2D eigenvalue weighted by atomic mass is 15.2. The number of nitrogens with zero attached hydrogens (tertiary/aromatic N) is 3. The summed E-state index contributed by atoms with van der Waals surface area (Å²) < 4.78 is 0. The summed E-state index contributed by atoms with van der Waals surface area (Å²) in [5.41, 5.74) is 3.49. The first-order valence-corrected chi connectivity index (χ1v) is 5.88.